The zero-order chi connectivity index (χ0) is 7.07. The second kappa shape index (κ2) is 2.10. The predicted molar refractivity (Wildman–Crippen MR) is 33.6 cm³/mol. The molecular formula is C4H9NO3S. The molecule has 0 radical (unpaired) electrons. The van der Waals surface area contributed by atoms with E-state index in [2.05, 4.69) is 0 Å². The summed E-state index contributed by atoms with van der Waals surface area (Å²) in [6.45, 7) is 0. The van der Waals surface area contributed by atoms with Gasteiger partial charge in [-0.2, -0.15) is 0 Å². The van der Waals surface area contributed by atoms with Gasteiger partial charge in [0.15, 0.2) is 0 Å². The van der Waals surface area contributed by atoms with Gasteiger partial charge in [0.1, 0.15) is 0 Å². The zero-order valence-electron chi connectivity index (χ0n) is 4.69. The van der Waals surface area contributed by atoms with Gasteiger partial charge >= 0.3 is 0 Å². The summed E-state index contributed by atoms with van der Waals surface area (Å²) in [7, 11) is 0. The Morgan fingerprint density at radius 1 is 1.56 bits per heavy atom. The molecule has 1 rings (SSSR count). The third-order valence-corrected chi connectivity index (χ3v) is 2.52. The Morgan fingerprint density at radius 3 is 2.22 bits per heavy atom. The van der Waals surface area contributed by atoms with E-state index < -0.39 is 17.3 Å². The summed E-state index contributed by atoms with van der Waals surface area (Å²) in [4.78, 5) is 0. The van der Waals surface area contributed by atoms with Crippen molar-refractivity contribution in [3.8, 4) is 0 Å². The Kier molecular flexibility index (Phi) is 1.71. The molecule has 1 aliphatic rings. The van der Waals surface area contributed by atoms with Crippen molar-refractivity contribution in [2.45, 2.75) is 17.3 Å². The summed E-state index contributed by atoms with van der Waals surface area (Å²) >= 11 is 0.852. The molecule has 0 bridgehead atoms. The van der Waals surface area contributed by atoms with Gasteiger partial charge in [0.2, 0.25) is 5.12 Å². The van der Waals surface area contributed by atoms with Crippen LogP contribution in [0.4, 0.5) is 0 Å². The number of hydrogen-bond acceptors (Lipinski definition) is 5. The van der Waals surface area contributed by atoms with E-state index in [9.17, 15) is 0 Å². The first-order chi connectivity index (χ1) is 4.04. The van der Waals surface area contributed by atoms with Crippen LogP contribution < -0.4 is 5.73 Å². The number of aliphatic hydroxyl groups is 3. The average Bonchev–Trinajstić information content (AvgIpc) is 1.97. The van der Waals surface area contributed by atoms with E-state index in [1.807, 2.05) is 0 Å². The standard InChI is InChI=1S/C4H9NO3S/c5-3-2(6)1-9-4(3,7)8/h2-3,6-8H,1,5H2. The molecule has 1 heterocycles. The second-order valence-electron chi connectivity index (χ2n) is 2.06. The largest absolute Gasteiger partial charge is 0.390 e. The van der Waals surface area contributed by atoms with E-state index in [1.54, 1.807) is 0 Å². The molecule has 5 N–H and O–H groups in total. The van der Waals surface area contributed by atoms with Crippen molar-refractivity contribution in [3.63, 3.8) is 0 Å². The van der Waals surface area contributed by atoms with E-state index in [-0.39, 0.29) is 5.75 Å². The van der Waals surface area contributed by atoms with Crippen molar-refractivity contribution in [2.75, 3.05) is 5.75 Å². The molecule has 0 spiro atoms. The van der Waals surface area contributed by atoms with Gasteiger partial charge < -0.3 is 21.1 Å². The molecule has 0 amide bonds. The summed E-state index contributed by atoms with van der Waals surface area (Å²) in [5.74, 6) is 0.286. The molecule has 4 nitrogen and oxygen atoms in total. The summed E-state index contributed by atoms with van der Waals surface area (Å²) in [6, 6.07) is -0.942. The predicted octanol–water partition coefficient (Wildman–Crippen LogP) is -1.94. The lowest BCUT2D eigenvalue weighted by Gasteiger charge is -2.19. The van der Waals surface area contributed by atoms with Crippen LogP contribution in [0.2, 0.25) is 0 Å². The highest BCUT2D eigenvalue weighted by atomic mass is 32.2. The molecule has 1 fully saturated rings. The molecule has 0 aromatic heterocycles. The molecule has 1 saturated heterocycles. The minimum absolute atomic E-state index is 0.286. The highest BCUT2D eigenvalue weighted by Gasteiger charge is 2.44. The van der Waals surface area contributed by atoms with Crippen molar-refractivity contribution < 1.29 is 15.3 Å². The van der Waals surface area contributed by atoms with Crippen molar-refractivity contribution in [2.24, 2.45) is 5.73 Å². The lowest BCUT2D eigenvalue weighted by Crippen LogP contribution is -2.47. The lowest BCUT2D eigenvalue weighted by atomic mass is 10.2. The summed E-state index contributed by atoms with van der Waals surface area (Å²) in [6.07, 6.45) is -0.801. The monoisotopic (exact) mass is 151 g/mol. The fraction of sp³-hybridized carbons (Fsp3) is 1.00. The average molecular weight is 151 g/mol. The molecule has 0 aromatic rings. The molecule has 0 aromatic carbocycles. The highest BCUT2D eigenvalue weighted by Crippen LogP contribution is 2.32. The molecule has 1 aliphatic heterocycles. The Labute approximate surface area is 56.7 Å². The van der Waals surface area contributed by atoms with Crippen molar-refractivity contribution in [1.29, 1.82) is 0 Å². The van der Waals surface area contributed by atoms with Crippen molar-refractivity contribution in [1.82, 2.24) is 0 Å². The number of rotatable bonds is 0. The van der Waals surface area contributed by atoms with Gasteiger partial charge in [-0.3, -0.25) is 0 Å². The van der Waals surface area contributed by atoms with E-state index in [1.165, 1.54) is 0 Å². The van der Waals surface area contributed by atoms with Crippen LogP contribution in [0.15, 0.2) is 0 Å². The first kappa shape index (κ1) is 7.30. The fourth-order valence-electron chi connectivity index (χ4n) is 0.659. The smallest absolute Gasteiger partial charge is 0.231 e. The maximum atomic E-state index is 8.87. The number of hydrogen-bond donors (Lipinski definition) is 4. The van der Waals surface area contributed by atoms with Crippen LogP contribution in [-0.4, -0.2) is 38.3 Å². The highest BCUT2D eigenvalue weighted by molar-refractivity contribution is 8.00. The first-order valence-corrected chi connectivity index (χ1v) is 3.55. The number of thioether (sulfide) groups is 1. The quantitative estimate of drug-likeness (QED) is 0.303. The Morgan fingerprint density at radius 2 is 2.11 bits per heavy atom. The number of aliphatic hydroxyl groups excluding tert-OH is 1. The fourth-order valence-corrected chi connectivity index (χ4v) is 1.63. The second-order valence-corrected chi connectivity index (χ2v) is 3.29. The molecule has 0 saturated carbocycles. The van der Waals surface area contributed by atoms with Crippen LogP contribution in [0.5, 0.6) is 0 Å². The van der Waals surface area contributed by atoms with E-state index in [0.29, 0.717) is 0 Å². The van der Waals surface area contributed by atoms with Crippen LogP contribution in [-0.2, 0) is 0 Å². The Hall–Kier alpha value is 0.190. The third kappa shape index (κ3) is 1.20. The maximum Gasteiger partial charge on any atom is 0.231 e. The van der Waals surface area contributed by atoms with Gasteiger partial charge in [0.05, 0.1) is 12.1 Å². The first-order valence-electron chi connectivity index (χ1n) is 2.56. The van der Waals surface area contributed by atoms with Crippen molar-refractivity contribution >= 4 is 11.8 Å². The van der Waals surface area contributed by atoms with E-state index >= 15 is 0 Å². The molecule has 54 valence electrons. The lowest BCUT2D eigenvalue weighted by molar-refractivity contribution is -0.105. The minimum Gasteiger partial charge on any atom is -0.390 e. The van der Waals surface area contributed by atoms with Gasteiger partial charge in [-0.25, -0.2) is 0 Å². The van der Waals surface area contributed by atoms with Gasteiger partial charge in [0.25, 0.3) is 0 Å². The van der Waals surface area contributed by atoms with Crippen molar-refractivity contribution in [3.05, 3.63) is 0 Å². The molecule has 2 unspecified atom stereocenters. The van der Waals surface area contributed by atoms with Crippen LogP contribution in [0.25, 0.3) is 0 Å². The SMILES string of the molecule is NC1C(O)CSC1(O)O. The Balaban J connectivity index is 2.62. The Bertz CT molecular complexity index is 118. The van der Waals surface area contributed by atoms with E-state index in [4.69, 9.17) is 21.1 Å². The molecule has 9 heavy (non-hydrogen) atoms. The zero-order valence-corrected chi connectivity index (χ0v) is 5.51. The molecule has 0 aliphatic carbocycles. The van der Waals surface area contributed by atoms with Crippen LogP contribution >= 0.6 is 11.8 Å². The van der Waals surface area contributed by atoms with Crippen LogP contribution in [0.1, 0.15) is 0 Å². The topological polar surface area (TPSA) is 86.7 Å². The third-order valence-electron chi connectivity index (χ3n) is 1.32. The minimum atomic E-state index is -1.93. The number of nitrogens with two attached hydrogens (primary N) is 1. The normalized spacial score (nSPS) is 41.3. The molecule has 5 heteroatoms. The summed E-state index contributed by atoms with van der Waals surface area (Å²) in [5, 5.41) is 24.7. The van der Waals surface area contributed by atoms with Gasteiger partial charge in [-0.1, -0.05) is 11.8 Å². The van der Waals surface area contributed by atoms with Crippen LogP contribution in [0.3, 0.4) is 0 Å². The van der Waals surface area contributed by atoms with Gasteiger partial charge in [-0.15, -0.1) is 0 Å². The molecular weight excluding hydrogens is 142 g/mol. The summed E-state index contributed by atoms with van der Waals surface area (Å²) < 4.78 is 0. The summed E-state index contributed by atoms with van der Waals surface area (Å²) in [5.41, 5.74) is 5.19. The van der Waals surface area contributed by atoms with Gasteiger partial charge in [0, 0.05) is 5.75 Å². The van der Waals surface area contributed by atoms with E-state index in [0.717, 1.165) is 11.8 Å². The maximum absolute atomic E-state index is 8.87. The van der Waals surface area contributed by atoms with Gasteiger partial charge in [-0.05, 0) is 0 Å². The molecule has 2 atom stereocenters. The van der Waals surface area contributed by atoms with Crippen LogP contribution in [0, 0.1) is 0 Å².